The van der Waals surface area contributed by atoms with Crippen LogP contribution >= 0.6 is 0 Å². The number of rotatable bonds is 0. The first kappa shape index (κ1) is 15.0. The fraction of sp³-hybridized carbons (Fsp3) is 0. The Morgan fingerprint density at radius 3 is 2.59 bits per heavy atom. The first-order valence-electron chi connectivity index (χ1n) is 9.72. The summed E-state index contributed by atoms with van der Waals surface area (Å²) in [7, 11) is 0. The zero-order chi connectivity index (χ0) is 19.1. The summed E-state index contributed by atoms with van der Waals surface area (Å²) in [5, 5.41) is 11.9. The lowest BCUT2D eigenvalue weighted by atomic mass is 9.34. The van der Waals surface area contributed by atoms with Gasteiger partial charge in [-0.2, -0.15) is 5.26 Å². The molecule has 3 heterocycles. The maximum Gasteiger partial charge on any atom is 0.256 e. The molecule has 4 aromatic carbocycles. The van der Waals surface area contributed by atoms with Gasteiger partial charge in [-0.25, -0.2) is 0 Å². The van der Waals surface area contributed by atoms with Crippen LogP contribution in [0.15, 0.2) is 78.9 Å². The van der Waals surface area contributed by atoms with Crippen molar-refractivity contribution in [3.63, 3.8) is 0 Å². The molecule has 5 aromatic rings. The van der Waals surface area contributed by atoms with E-state index in [9.17, 15) is 5.26 Å². The number of hydrogen-bond acceptors (Lipinski definition) is 2. The van der Waals surface area contributed by atoms with E-state index >= 15 is 0 Å². The average Bonchev–Trinajstić information content (AvgIpc) is 3.11. The van der Waals surface area contributed by atoms with Gasteiger partial charge in [0.25, 0.3) is 6.71 Å². The fourth-order valence-electron chi connectivity index (χ4n) is 5.16. The van der Waals surface area contributed by atoms with Crippen molar-refractivity contribution in [2.24, 2.45) is 0 Å². The molecule has 0 unspecified atom stereocenters. The number of benzene rings is 4. The number of para-hydroxylation sites is 2. The highest BCUT2D eigenvalue weighted by atomic mass is 16.5. The van der Waals surface area contributed by atoms with Gasteiger partial charge < -0.3 is 9.30 Å². The third kappa shape index (κ3) is 1.73. The Balaban J connectivity index is 1.70. The Morgan fingerprint density at radius 1 is 0.793 bits per heavy atom. The highest BCUT2D eigenvalue weighted by molar-refractivity contribution is 6.99. The molecule has 3 nitrogen and oxygen atoms in total. The molecule has 0 bridgehead atoms. The summed E-state index contributed by atoms with van der Waals surface area (Å²) < 4.78 is 8.68. The van der Waals surface area contributed by atoms with Crippen LogP contribution in [0.25, 0.3) is 27.5 Å². The van der Waals surface area contributed by atoms with Crippen LogP contribution in [0.4, 0.5) is 0 Å². The Kier molecular flexibility index (Phi) is 2.64. The molecular weight excluding hydrogens is 355 g/mol. The highest BCUT2D eigenvalue weighted by Gasteiger charge is 2.39. The third-order valence-corrected chi connectivity index (χ3v) is 6.28. The van der Waals surface area contributed by atoms with E-state index in [1.54, 1.807) is 0 Å². The molecule has 29 heavy (non-hydrogen) atoms. The number of aromatic nitrogens is 1. The van der Waals surface area contributed by atoms with Crippen molar-refractivity contribution in [2.45, 2.75) is 0 Å². The minimum Gasteiger partial charge on any atom is -0.458 e. The summed E-state index contributed by atoms with van der Waals surface area (Å²) in [5.41, 5.74) is 7.87. The molecule has 0 atom stereocenters. The van der Waals surface area contributed by atoms with Gasteiger partial charge in [-0.3, -0.25) is 0 Å². The molecule has 0 N–H and O–H groups in total. The van der Waals surface area contributed by atoms with E-state index in [-0.39, 0.29) is 6.71 Å². The topological polar surface area (TPSA) is 37.9 Å². The summed E-state index contributed by atoms with van der Waals surface area (Å²) in [4.78, 5) is 0. The maximum atomic E-state index is 9.34. The normalized spacial score (nSPS) is 13.0. The van der Waals surface area contributed by atoms with Crippen LogP contribution in [-0.4, -0.2) is 11.3 Å². The minimum atomic E-state index is 0.0956. The van der Waals surface area contributed by atoms with Crippen molar-refractivity contribution in [3.8, 4) is 23.3 Å². The fourth-order valence-corrected chi connectivity index (χ4v) is 5.16. The van der Waals surface area contributed by atoms with Crippen LogP contribution in [0.1, 0.15) is 5.56 Å². The Hall–Kier alpha value is -3.97. The second-order valence-electron chi connectivity index (χ2n) is 7.68. The molecule has 0 aliphatic carbocycles. The lowest BCUT2D eigenvalue weighted by Gasteiger charge is -2.33. The molecule has 1 aromatic heterocycles. The molecule has 0 fully saturated rings. The van der Waals surface area contributed by atoms with Crippen LogP contribution in [0.5, 0.6) is 11.5 Å². The first-order chi connectivity index (χ1) is 14.3. The second-order valence-corrected chi connectivity index (χ2v) is 7.68. The van der Waals surface area contributed by atoms with Crippen molar-refractivity contribution in [1.29, 1.82) is 5.26 Å². The van der Waals surface area contributed by atoms with Gasteiger partial charge in [-0.1, -0.05) is 48.5 Å². The predicted molar refractivity (Wildman–Crippen MR) is 117 cm³/mol. The third-order valence-electron chi connectivity index (χ3n) is 6.28. The number of hydrogen-bond donors (Lipinski definition) is 0. The summed E-state index contributed by atoms with van der Waals surface area (Å²) in [5.74, 6) is 1.65. The van der Waals surface area contributed by atoms with Gasteiger partial charge in [0.1, 0.15) is 11.5 Å². The summed E-state index contributed by atoms with van der Waals surface area (Å²) in [6.07, 6.45) is 0. The average molecular weight is 368 g/mol. The molecule has 0 spiro atoms. The Labute approximate surface area is 167 Å². The van der Waals surface area contributed by atoms with Gasteiger partial charge in [-0.05, 0) is 46.7 Å². The molecule has 0 amide bonds. The van der Waals surface area contributed by atoms with Crippen LogP contribution in [0.2, 0.25) is 0 Å². The number of nitriles is 1. The van der Waals surface area contributed by atoms with E-state index in [0.29, 0.717) is 5.56 Å². The second kappa shape index (κ2) is 5.09. The molecular formula is C25H13BN2O. The zero-order valence-corrected chi connectivity index (χ0v) is 15.4. The van der Waals surface area contributed by atoms with E-state index < -0.39 is 0 Å². The SMILES string of the molecule is N#Cc1ccc2c(c1)Oc1cccc3c1B2c1cccc2c4ccccc4n-3c12. The zero-order valence-electron chi connectivity index (χ0n) is 15.4. The van der Waals surface area contributed by atoms with E-state index in [1.165, 1.54) is 38.4 Å². The Morgan fingerprint density at radius 2 is 1.66 bits per heavy atom. The van der Waals surface area contributed by atoms with Crippen LogP contribution in [0, 0.1) is 11.3 Å². The van der Waals surface area contributed by atoms with Crippen molar-refractivity contribution in [3.05, 3.63) is 84.4 Å². The van der Waals surface area contributed by atoms with Crippen molar-refractivity contribution < 1.29 is 4.74 Å². The van der Waals surface area contributed by atoms with Gasteiger partial charge in [0.2, 0.25) is 0 Å². The van der Waals surface area contributed by atoms with E-state index in [4.69, 9.17) is 4.74 Å². The largest absolute Gasteiger partial charge is 0.458 e. The summed E-state index contributed by atoms with van der Waals surface area (Å²) in [6.45, 7) is 0.0956. The van der Waals surface area contributed by atoms with Crippen molar-refractivity contribution in [1.82, 2.24) is 4.57 Å². The molecule has 7 rings (SSSR count). The molecule has 4 heteroatoms. The van der Waals surface area contributed by atoms with Gasteiger partial charge in [0.15, 0.2) is 0 Å². The van der Waals surface area contributed by atoms with Gasteiger partial charge in [-0.15, -0.1) is 0 Å². The minimum absolute atomic E-state index is 0.0956. The van der Waals surface area contributed by atoms with Crippen LogP contribution in [-0.2, 0) is 0 Å². The Bertz CT molecular complexity index is 1560. The lowest BCUT2D eigenvalue weighted by molar-refractivity contribution is 0.487. The quantitative estimate of drug-likeness (QED) is 0.384. The van der Waals surface area contributed by atoms with Crippen LogP contribution < -0.4 is 21.1 Å². The van der Waals surface area contributed by atoms with E-state index in [0.717, 1.165) is 17.0 Å². The van der Waals surface area contributed by atoms with Gasteiger partial charge >= 0.3 is 0 Å². The number of nitrogens with zero attached hydrogens (tertiary/aromatic N) is 2. The standard InChI is InChI=1S/C25H13BN2O/c27-14-15-11-12-18-23(13-15)29-22-10-4-9-21-24(22)26(18)19-7-3-6-17-16-5-1-2-8-20(16)28(21)25(17)19/h1-13H. The molecule has 132 valence electrons. The summed E-state index contributed by atoms with van der Waals surface area (Å²) in [6, 6.07) is 29.5. The van der Waals surface area contributed by atoms with Gasteiger partial charge in [0.05, 0.1) is 17.1 Å². The molecule has 0 saturated heterocycles. The smallest absolute Gasteiger partial charge is 0.256 e. The highest BCUT2D eigenvalue weighted by Crippen LogP contribution is 2.36. The van der Waals surface area contributed by atoms with Crippen molar-refractivity contribution >= 4 is 44.9 Å². The van der Waals surface area contributed by atoms with Gasteiger partial charge in [0, 0.05) is 22.0 Å². The molecule has 2 aliphatic rings. The van der Waals surface area contributed by atoms with E-state index in [2.05, 4.69) is 71.3 Å². The van der Waals surface area contributed by atoms with E-state index in [1.807, 2.05) is 18.2 Å². The molecule has 2 aliphatic heterocycles. The van der Waals surface area contributed by atoms with Crippen LogP contribution in [0.3, 0.4) is 0 Å². The maximum absolute atomic E-state index is 9.34. The summed E-state index contributed by atoms with van der Waals surface area (Å²) >= 11 is 0. The number of ether oxygens (including phenoxy) is 1. The first-order valence-corrected chi connectivity index (χ1v) is 9.72. The number of fused-ring (bicyclic) bond motifs is 7. The monoisotopic (exact) mass is 368 g/mol. The predicted octanol–water partition coefficient (Wildman–Crippen LogP) is 3.59. The lowest BCUT2D eigenvalue weighted by Crippen LogP contribution is -2.58. The van der Waals surface area contributed by atoms with Crippen molar-refractivity contribution in [2.75, 3.05) is 0 Å². The molecule has 0 radical (unpaired) electrons. The molecule has 0 saturated carbocycles.